The largest absolute Gasteiger partial charge is 0.481 e. The quantitative estimate of drug-likeness (QED) is 0.132. The molecule has 0 fully saturated rings. The summed E-state index contributed by atoms with van der Waals surface area (Å²) in [4.78, 5) is 69.5. The predicted molar refractivity (Wildman–Crippen MR) is 102 cm³/mol. The fourth-order valence-corrected chi connectivity index (χ4v) is 2.22. The highest BCUT2D eigenvalue weighted by Crippen LogP contribution is 2.03. The van der Waals surface area contributed by atoms with E-state index in [0.29, 0.717) is 0 Å². The summed E-state index contributed by atoms with van der Waals surface area (Å²) in [6, 6.07) is -5.91. The molecule has 176 valence electrons. The van der Waals surface area contributed by atoms with Crippen LogP contribution in [0.3, 0.4) is 0 Å². The summed E-state index contributed by atoms with van der Waals surface area (Å²) in [6.07, 6.45) is -2.02. The van der Waals surface area contributed by atoms with E-state index in [-0.39, 0.29) is 5.92 Å². The molecule has 14 nitrogen and oxygen atoms in total. The van der Waals surface area contributed by atoms with E-state index in [1.165, 1.54) is 0 Å². The zero-order chi connectivity index (χ0) is 24.3. The van der Waals surface area contributed by atoms with E-state index >= 15 is 0 Å². The molecule has 0 aliphatic heterocycles. The molecule has 0 aliphatic carbocycles. The van der Waals surface area contributed by atoms with E-state index in [1.807, 2.05) is 5.32 Å². The standard InChI is InChI=1S/C17H28N4O10/c1-7(2)13(18)16(29)21-10(6-22)15(28)19-8(3-4-11(23)24)14(27)20-9(17(30)31)5-12(25)26/h7-10,13,22H,3-6,18H2,1-2H3,(H,19,28)(H,20,27)(H,21,29)(H,23,24)(H,25,26)(H,30,31). The average molecular weight is 448 g/mol. The number of aliphatic hydroxyl groups excluding tert-OH is 1. The lowest BCUT2D eigenvalue weighted by Gasteiger charge is -2.24. The van der Waals surface area contributed by atoms with Crippen molar-refractivity contribution in [3.8, 4) is 0 Å². The van der Waals surface area contributed by atoms with Crippen molar-refractivity contribution < 1.29 is 49.2 Å². The minimum Gasteiger partial charge on any atom is -0.481 e. The molecule has 0 aromatic rings. The van der Waals surface area contributed by atoms with Crippen molar-refractivity contribution >= 4 is 35.6 Å². The maximum absolute atomic E-state index is 12.4. The van der Waals surface area contributed by atoms with Crippen LogP contribution >= 0.6 is 0 Å². The molecular formula is C17H28N4O10. The van der Waals surface area contributed by atoms with Gasteiger partial charge in [-0.25, -0.2) is 4.79 Å². The van der Waals surface area contributed by atoms with Crippen molar-refractivity contribution in [2.24, 2.45) is 11.7 Å². The first-order valence-corrected chi connectivity index (χ1v) is 9.24. The number of amides is 3. The van der Waals surface area contributed by atoms with Crippen LogP contribution < -0.4 is 21.7 Å². The lowest BCUT2D eigenvalue weighted by atomic mass is 10.0. The van der Waals surface area contributed by atoms with E-state index < -0.39 is 85.7 Å². The van der Waals surface area contributed by atoms with Crippen LogP contribution in [0, 0.1) is 5.92 Å². The summed E-state index contributed by atoms with van der Waals surface area (Å²) in [5, 5.41) is 42.2. The molecule has 4 atom stereocenters. The number of carbonyl (C=O) groups is 6. The fourth-order valence-electron chi connectivity index (χ4n) is 2.22. The molecule has 0 saturated carbocycles. The molecule has 0 heterocycles. The topological polar surface area (TPSA) is 245 Å². The van der Waals surface area contributed by atoms with Crippen LogP contribution in [-0.2, 0) is 28.8 Å². The number of carboxylic acid groups (broad SMARTS) is 3. The van der Waals surface area contributed by atoms with Crippen molar-refractivity contribution in [1.29, 1.82) is 0 Å². The van der Waals surface area contributed by atoms with Crippen molar-refractivity contribution in [3.05, 3.63) is 0 Å². The summed E-state index contributed by atoms with van der Waals surface area (Å²) < 4.78 is 0. The number of aliphatic carboxylic acids is 3. The minimum atomic E-state index is -1.83. The van der Waals surface area contributed by atoms with Crippen LogP contribution in [0.2, 0.25) is 0 Å². The van der Waals surface area contributed by atoms with Crippen LogP contribution in [0.15, 0.2) is 0 Å². The number of carbonyl (C=O) groups excluding carboxylic acids is 3. The SMILES string of the molecule is CC(C)C(N)C(=O)NC(CO)C(=O)NC(CCC(=O)O)C(=O)NC(CC(=O)O)C(=O)O. The van der Waals surface area contributed by atoms with Crippen molar-refractivity contribution in [2.75, 3.05) is 6.61 Å². The van der Waals surface area contributed by atoms with Gasteiger partial charge in [-0.15, -0.1) is 0 Å². The van der Waals surface area contributed by atoms with Gasteiger partial charge < -0.3 is 42.1 Å². The van der Waals surface area contributed by atoms with Crippen molar-refractivity contribution in [1.82, 2.24) is 16.0 Å². The van der Waals surface area contributed by atoms with Gasteiger partial charge in [0.05, 0.1) is 19.1 Å². The number of nitrogens with one attached hydrogen (secondary N) is 3. The Morgan fingerprint density at radius 3 is 1.68 bits per heavy atom. The molecule has 0 aliphatic rings. The highest BCUT2D eigenvalue weighted by molar-refractivity contribution is 5.94. The zero-order valence-corrected chi connectivity index (χ0v) is 17.0. The summed E-state index contributed by atoms with van der Waals surface area (Å²) in [7, 11) is 0. The predicted octanol–water partition coefficient (Wildman–Crippen LogP) is -3.16. The molecule has 0 radical (unpaired) electrons. The van der Waals surface area contributed by atoms with Gasteiger partial charge in [-0.3, -0.25) is 24.0 Å². The summed E-state index contributed by atoms with van der Waals surface area (Å²) >= 11 is 0. The minimum absolute atomic E-state index is 0.279. The third-order valence-corrected chi connectivity index (χ3v) is 4.11. The first-order chi connectivity index (χ1) is 14.3. The molecule has 0 aromatic carbocycles. The first-order valence-electron chi connectivity index (χ1n) is 9.24. The third kappa shape index (κ3) is 10.4. The Labute approximate surface area is 177 Å². The number of hydrogen-bond acceptors (Lipinski definition) is 8. The molecule has 0 aromatic heterocycles. The molecular weight excluding hydrogens is 420 g/mol. The van der Waals surface area contributed by atoms with Gasteiger partial charge in [0, 0.05) is 6.42 Å². The second-order valence-electron chi connectivity index (χ2n) is 7.00. The monoisotopic (exact) mass is 448 g/mol. The van der Waals surface area contributed by atoms with Gasteiger partial charge in [0.15, 0.2) is 0 Å². The van der Waals surface area contributed by atoms with Crippen LogP contribution in [0.4, 0.5) is 0 Å². The second-order valence-corrected chi connectivity index (χ2v) is 7.00. The van der Waals surface area contributed by atoms with Gasteiger partial charge in [-0.1, -0.05) is 13.8 Å². The van der Waals surface area contributed by atoms with E-state index in [2.05, 4.69) is 10.6 Å². The highest BCUT2D eigenvalue weighted by Gasteiger charge is 2.31. The van der Waals surface area contributed by atoms with Crippen molar-refractivity contribution in [3.63, 3.8) is 0 Å². The molecule has 0 spiro atoms. The molecule has 3 amide bonds. The third-order valence-electron chi connectivity index (χ3n) is 4.11. The first kappa shape index (κ1) is 27.7. The van der Waals surface area contributed by atoms with Gasteiger partial charge in [0.1, 0.15) is 18.1 Å². The molecule has 4 unspecified atom stereocenters. The van der Waals surface area contributed by atoms with Crippen molar-refractivity contribution in [2.45, 2.75) is 57.3 Å². The van der Waals surface area contributed by atoms with Gasteiger partial charge in [-0.05, 0) is 12.3 Å². The number of carboxylic acids is 3. The summed E-state index contributed by atoms with van der Waals surface area (Å²) in [5.74, 6) is -7.71. The van der Waals surface area contributed by atoms with Crippen LogP contribution in [0.25, 0.3) is 0 Å². The Hall–Kier alpha value is -3.26. The average Bonchev–Trinajstić information content (AvgIpc) is 2.66. The van der Waals surface area contributed by atoms with E-state index in [9.17, 15) is 33.9 Å². The van der Waals surface area contributed by atoms with Crippen LogP contribution in [0.5, 0.6) is 0 Å². The van der Waals surface area contributed by atoms with E-state index in [1.54, 1.807) is 13.8 Å². The summed E-state index contributed by atoms with van der Waals surface area (Å²) in [6.45, 7) is 2.44. The van der Waals surface area contributed by atoms with E-state index in [4.69, 9.17) is 21.1 Å². The van der Waals surface area contributed by atoms with Gasteiger partial charge in [0.25, 0.3) is 0 Å². The van der Waals surface area contributed by atoms with Gasteiger partial charge in [-0.2, -0.15) is 0 Å². The Bertz CT molecular complexity index is 696. The van der Waals surface area contributed by atoms with E-state index in [0.717, 1.165) is 0 Å². The van der Waals surface area contributed by atoms with Gasteiger partial charge >= 0.3 is 17.9 Å². The lowest BCUT2D eigenvalue weighted by molar-refractivity contribution is -0.147. The fraction of sp³-hybridized carbons (Fsp3) is 0.647. The molecule has 0 saturated heterocycles. The zero-order valence-electron chi connectivity index (χ0n) is 17.0. The Morgan fingerprint density at radius 2 is 1.26 bits per heavy atom. The number of hydrogen-bond donors (Lipinski definition) is 8. The van der Waals surface area contributed by atoms with Crippen LogP contribution in [-0.4, -0.2) is 86.8 Å². The maximum Gasteiger partial charge on any atom is 0.326 e. The normalized spacial score (nSPS) is 14.6. The molecule has 9 N–H and O–H groups in total. The van der Waals surface area contributed by atoms with Gasteiger partial charge in [0.2, 0.25) is 17.7 Å². The Kier molecular flexibility index (Phi) is 11.7. The number of aliphatic hydroxyl groups is 1. The maximum atomic E-state index is 12.4. The van der Waals surface area contributed by atoms with Crippen LogP contribution in [0.1, 0.15) is 33.1 Å². The Balaban J connectivity index is 5.38. The Morgan fingerprint density at radius 1 is 0.774 bits per heavy atom. The highest BCUT2D eigenvalue weighted by atomic mass is 16.4. The molecule has 0 bridgehead atoms. The number of nitrogens with two attached hydrogens (primary N) is 1. The lowest BCUT2D eigenvalue weighted by Crippen LogP contribution is -2.58. The smallest absolute Gasteiger partial charge is 0.326 e. The number of rotatable bonds is 14. The summed E-state index contributed by atoms with van der Waals surface area (Å²) in [5.41, 5.74) is 5.66. The molecule has 0 rings (SSSR count). The second kappa shape index (κ2) is 13.1. The molecule has 14 heteroatoms. The molecule has 31 heavy (non-hydrogen) atoms.